The molecule has 3 nitrogen and oxygen atoms in total. The summed E-state index contributed by atoms with van der Waals surface area (Å²) >= 11 is 3.29. The normalized spacial score (nSPS) is 14.4. The maximum Gasteiger partial charge on any atom is 0.134 e. The molecule has 0 saturated heterocycles. The van der Waals surface area contributed by atoms with Crippen LogP contribution in [0.3, 0.4) is 0 Å². The van der Waals surface area contributed by atoms with Crippen molar-refractivity contribution in [3.05, 3.63) is 51.6 Å². The van der Waals surface area contributed by atoms with Gasteiger partial charge in [0.1, 0.15) is 29.7 Å². The van der Waals surface area contributed by atoms with Gasteiger partial charge in [0, 0.05) is 11.6 Å². The highest BCUT2D eigenvalue weighted by molar-refractivity contribution is 9.10. The molecule has 0 aliphatic heterocycles. The number of halogens is 2. The molecule has 3 rings (SSSR count). The Kier molecular flexibility index (Phi) is 4.31. The van der Waals surface area contributed by atoms with E-state index in [-0.39, 0.29) is 5.82 Å². The minimum Gasteiger partial charge on any atom is -0.488 e. The van der Waals surface area contributed by atoms with E-state index in [0.29, 0.717) is 22.9 Å². The molecule has 1 aromatic heterocycles. The number of aryl methyl sites for hydroxylation is 1. The van der Waals surface area contributed by atoms with Gasteiger partial charge in [-0.15, -0.1) is 0 Å². The van der Waals surface area contributed by atoms with Crippen molar-refractivity contribution in [1.82, 2.24) is 5.32 Å². The molecule has 21 heavy (non-hydrogen) atoms. The van der Waals surface area contributed by atoms with E-state index in [1.54, 1.807) is 6.07 Å². The molecule has 5 heteroatoms. The van der Waals surface area contributed by atoms with E-state index in [0.717, 1.165) is 23.6 Å². The van der Waals surface area contributed by atoms with E-state index in [9.17, 15) is 4.39 Å². The van der Waals surface area contributed by atoms with Crippen molar-refractivity contribution in [3.8, 4) is 5.75 Å². The first-order valence-electron chi connectivity index (χ1n) is 7.01. The molecular formula is C16H17BrFNO2. The van der Waals surface area contributed by atoms with Gasteiger partial charge < -0.3 is 14.5 Å². The highest BCUT2D eigenvalue weighted by Gasteiger charge is 2.21. The van der Waals surface area contributed by atoms with E-state index in [2.05, 4.69) is 21.2 Å². The number of rotatable bonds is 6. The lowest BCUT2D eigenvalue weighted by Gasteiger charge is -2.07. The summed E-state index contributed by atoms with van der Waals surface area (Å²) in [6.07, 6.45) is 2.52. The fourth-order valence-electron chi connectivity index (χ4n) is 2.10. The summed E-state index contributed by atoms with van der Waals surface area (Å²) in [7, 11) is 0. The maximum absolute atomic E-state index is 13.0. The van der Waals surface area contributed by atoms with Crippen molar-refractivity contribution in [2.45, 2.75) is 39.0 Å². The highest BCUT2D eigenvalue weighted by Crippen LogP contribution is 2.27. The van der Waals surface area contributed by atoms with E-state index < -0.39 is 0 Å². The Morgan fingerprint density at radius 2 is 2.19 bits per heavy atom. The Bertz CT molecular complexity index is 637. The van der Waals surface area contributed by atoms with Gasteiger partial charge >= 0.3 is 0 Å². The van der Waals surface area contributed by atoms with E-state index >= 15 is 0 Å². The zero-order valence-corrected chi connectivity index (χ0v) is 13.4. The summed E-state index contributed by atoms with van der Waals surface area (Å²) in [4.78, 5) is 0. The zero-order valence-electron chi connectivity index (χ0n) is 11.8. The zero-order chi connectivity index (χ0) is 14.8. The summed E-state index contributed by atoms with van der Waals surface area (Å²) in [6.45, 7) is 3.09. The third-order valence-electron chi connectivity index (χ3n) is 3.49. The lowest BCUT2D eigenvalue weighted by molar-refractivity contribution is 0.300. The van der Waals surface area contributed by atoms with Crippen LogP contribution >= 0.6 is 15.9 Å². The molecule has 112 valence electrons. The number of ether oxygens (including phenoxy) is 1. The second-order valence-corrected chi connectivity index (χ2v) is 6.17. The van der Waals surface area contributed by atoms with Gasteiger partial charge in [-0.05, 0) is 60.0 Å². The van der Waals surface area contributed by atoms with Gasteiger partial charge in [-0.2, -0.15) is 0 Å². The standard InChI is InChI=1S/C16H17BrFNO2/c1-10-11(6-14(21-10)8-19-13-3-4-13)9-20-16-5-2-12(18)7-15(16)17/h2,5-7,13,19H,3-4,8-9H2,1H3. The fraction of sp³-hybridized carbons (Fsp3) is 0.375. The smallest absolute Gasteiger partial charge is 0.134 e. The lowest BCUT2D eigenvalue weighted by Crippen LogP contribution is -2.14. The van der Waals surface area contributed by atoms with Gasteiger partial charge in [-0.1, -0.05) is 0 Å². The van der Waals surface area contributed by atoms with Crippen molar-refractivity contribution in [2.75, 3.05) is 0 Å². The fourth-order valence-corrected chi connectivity index (χ4v) is 2.56. The van der Waals surface area contributed by atoms with Gasteiger partial charge in [0.25, 0.3) is 0 Å². The third-order valence-corrected chi connectivity index (χ3v) is 4.11. The van der Waals surface area contributed by atoms with Gasteiger partial charge in [-0.3, -0.25) is 0 Å². The molecule has 1 aliphatic rings. The summed E-state index contributed by atoms with van der Waals surface area (Å²) in [6, 6.07) is 7.06. The average Bonchev–Trinajstić information content (AvgIpc) is 3.20. The third kappa shape index (κ3) is 3.86. The summed E-state index contributed by atoms with van der Waals surface area (Å²) < 4.78 is 25.1. The van der Waals surface area contributed by atoms with Gasteiger partial charge in [0.15, 0.2) is 0 Å². The largest absolute Gasteiger partial charge is 0.488 e. The SMILES string of the molecule is Cc1oc(CNC2CC2)cc1COc1ccc(F)cc1Br. The summed E-state index contributed by atoms with van der Waals surface area (Å²) in [5.41, 5.74) is 1.01. The van der Waals surface area contributed by atoms with Crippen molar-refractivity contribution in [2.24, 2.45) is 0 Å². The summed E-state index contributed by atoms with van der Waals surface area (Å²) in [5.74, 6) is 2.12. The Morgan fingerprint density at radius 3 is 2.90 bits per heavy atom. The molecule has 0 bridgehead atoms. The van der Waals surface area contributed by atoms with Crippen LogP contribution < -0.4 is 10.1 Å². The molecular weight excluding hydrogens is 337 g/mol. The number of hydrogen-bond donors (Lipinski definition) is 1. The minimum absolute atomic E-state index is 0.290. The summed E-state index contributed by atoms with van der Waals surface area (Å²) in [5, 5.41) is 3.42. The van der Waals surface area contributed by atoms with E-state index in [4.69, 9.17) is 9.15 Å². The highest BCUT2D eigenvalue weighted by atomic mass is 79.9. The number of furan rings is 1. The molecule has 0 spiro atoms. The molecule has 1 fully saturated rings. The quantitative estimate of drug-likeness (QED) is 0.839. The minimum atomic E-state index is -0.290. The Hall–Kier alpha value is -1.33. The first-order chi connectivity index (χ1) is 10.1. The topological polar surface area (TPSA) is 34.4 Å². The van der Waals surface area contributed by atoms with Crippen LogP contribution in [0.25, 0.3) is 0 Å². The number of hydrogen-bond acceptors (Lipinski definition) is 3. The van der Waals surface area contributed by atoms with Crippen LogP contribution in [-0.4, -0.2) is 6.04 Å². The molecule has 1 N–H and O–H groups in total. The van der Waals surface area contributed by atoms with Crippen LogP contribution in [0.1, 0.15) is 29.9 Å². The Morgan fingerprint density at radius 1 is 1.38 bits per heavy atom. The molecule has 1 saturated carbocycles. The van der Waals surface area contributed by atoms with Crippen LogP contribution in [0.2, 0.25) is 0 Å². The average molecular weight is 354 g/mol. The van der Waals surface area contributed by atoms with Crippen LogP contribution in [0.4, 0.5) is 4.39 Å². The Balaban J connectivity index is 1.61. The van der Waals surface area contributed by atoms with Gasteiger partial charge in [0.05, 0.1) is 11.0 Å². The molecule has 0 radical (unpaired) electrons. The van der Waals surface area contributed by atoms with Crippen LogP contribution in [-0.2, 0) is 13.2 Å². The van der Waals surface area contributed by atoms with Gasteiger partial charge in [-0.25, -0.2) is 4.39 Å². The van der Waals surface area contributed by atoms with E-state index in [1.807, 2.05) is 13.0 Å². The van der Waals surface area contributed by atoms with Crippen LogP contribution in [0.15, 0.2) is 33.2 Å². The van der Waals surface area contributed by atoms with E-state index in [1.165, 1.54) is 25.0 Å². The predicted molar refractivity (Wildman–Crippen MR) is 81.7 cm³/mol. The predicted octanol–water partition coefficient (Wildman–Crippen LogP) is 4.32. The first-order valence-corrected chi connectivity index (χ1v) is 7.80. The van der Waals surface area contributed by atoms with Crippen LogP contribution in [0.5, 0.6) is 5.75 Å². The first kappa shape index (κ1) is 14.6. The number of nitrogens with one attached hydrogen (secondary N) is 1. The van der Waals surface area contributed by atoms with Gasteiger partial charge in [0.2, 0.25) is 0 Å². The molecule has 1 aliphatic carbocycles. The number of benzene rings is 1. The maximum atomic E-state index is 13.0. The molecule has 0 atom stereocenters. The molecule has 2 aromatic rings. The van der Waals surface area contributed by atoms with Crippen molar-refractivity contribution in [1.29, 1.82) is 0 Å². The van der Waals surface area contributed by atoms with Crippen molar-refractivity contribution >= 4 is 15.9 Å². The molecule has 0 unspecified atom stereocenters. The van der Waals surface area contributed by atoms with Crippen molar-refractivity contribution < 1.29 is 13.5 Å². The molecule has 0 amide bonds. The van der Waals surface area contributed by atoms with Crippen molar-refractivity contribution in [3.63, 3.8) is 0 Å². The molecule has 1 aromatic carbocycles. The monoisotopic (exact) mass is 353 g/mol. The van der Waals surface area contributed by atoms with Crippen LogP contribution in [0, 0.1) is 12.7 Å². The second-order valence-electron chi connectivity index (χ2n) is 5.31. The second kappa shape index (κ2) is 6.20. The molecule has 1 heterocycles. The lowest BCUT2D eigenvalue weighted by atomic mass is 10.2. The Labute approximate surface area is 131 Å².